The Morgan fingerprint density at radius 2 is 1.68 bits per heavy atom. The van der Waals surface area contributed by atoms with Crippen LogP contribution in [0.4, 0.5) is 5.69 Å². The Labute approximate surface area is 186 Å². The predicted molar refractivity (Wildman–Crippen MR) is 123 cm³/mol. The van der Waals surface area contributed by atoms with Crippen LogP contribution in [0, 0.1) is 5.92 Å². The Hall–Kier alpha value is -3.46. The lowest BCUT2D eigenvalue weighted by Crippen LogP contribution is -2.48. The standard InChI is InChI=1S/C22H26N4O4S/c1-4-30-18-7-5-6-16(13-18)20(28)24-22(31)26-25-21(29)15-8-10-17(11-9-15)23-19(27)12-14(2)3/h5-11,13-14H,4,12H2,1-3H3,(H,23,27)(H,25,29)(H2,24,26,28,31). The van der Waals surface area contributed by atoms with Gasteiger partial charge >= 0.3 is 0 Å². The van der Waals surface area contributed by atoms with Gasteiger partial charge in [-0.3, -0.25) is 30.6 Å². The second-order valence-corrected chi connectivity index (χ2v) is 7.45. The van der Waals surface area contributed by atoms with Crippen LogP contribution < -0.4 is 26.2 Å². The average molecular weight is 443 g/mol. The highest BCUT2D eigenvalue weighted by Gasteiger charge is 2.11. The monoisotopic (exact) mass is 442 g/mol. The van der Waals surface area contributed by atoms with Crippen molar-refractivity contribution in [1.29, 1.82) is 0 Å². The normalized spacial score (nSPS) is 10.2. The van der Waals surface area contributed by atoms with Crippen LogP contribution in [-0.2, 0) is 4.79 Å². The van der Waals surface area contributed by atoms with Crippen molar-refractivity contribution in [2.24, 2.45) is 5.92 Å². The van der Waals surface area contributed by atoms with Gasteiger partial charge in [0.25, 0.3) is 11.8 Å². The summed E-state index contributed by atoms with van der Waals surface area (Å²) in [6.07, 6.45) is 0.422. The number of carbonyl (C=O) groups is 3. The summed E-state index contributed by atoms with van der Waals surface area (Å²) in [7, 11) is 0. The van der Waals surface area contributed by atoms with Crippen molar-refractivity contribution >= 4 is 40.7 Å². The average Bonchev–Trinajstić information content (AvgIpc) is 2.72. The largest absolute Gasteiger partial charge is 0.494 e. The lowest BCUT2D eigenvalue weighted by molar-refractivity contribution is -0.116. The van der Waals surface area contributed by atoms with Crippen molar-refractivity contribution in [1.82, 2.24) is 16.2 Å². The van der Waals surface area contributed by atoms with Gasteiger partial charge in [-0.25, -0.2) is 0 Å². The SMILES string of the molecule is CCOc1cccc(C(=O)NC(=S)NNC(=O)c2ccc(NC(=O)CC(C)C)cc2)c1. The molecule has 0 atom stereocenters. The van der Waals surface area contributed by atoms with Crippen LogP contribution in [0.1, 0.15) is 47.9 Å². The lowest BCUT2D eigenvalue weighted by Gasteiger charge is -2.12. The van der Waals surface area contributed by atoms with E-state index in [0.717, 1.165) is 0 Å². The minimum atomic E-state index is -0.449. The van der Waals surface area contributed by atoms with Gasteiger partial charge in [0.1, 0.15) is 5.75 Å². The minimum absolute atomic E-state index is 0.0577. The van der Waals surface area contributed by atoms with Crippen LogP contribution >= 0.6 is 12.2 Å². The predicted octanol–water partition coefficient (Wildman–Crippen LogP) is 3.02. The molecule has 0 spiro atoms. The molecule has 0 aromatic heterocycles. The van der Waals surface area contributed by atoms with Gasteiger partial charge in [0, 0.05) is 23.2 Å². The summed E-state index contributed by atoms with van der Waals surface area (Å²) in [5.41, 5.74) is 6.24. The molecule has 2 aromatic carbocycles. The molecule has 0 bridgehead atoms. The zero-order valence-electron chi connectivity index (χ0n) is 17.7. The van der Waals surface area contributed by atoms with Gasteiger partial charge in [0.15, 0.2) is 5.11 Å². The Kier molecular flexibility index (Phi) is 8.95. The second-order valence-electron chi connectivity index (χ2n) is 7.05. The molecular formula is C22H26N4O4S. The van der Waals surface area contributed by atoms with Crippen LogP contribution in [0.5, 0.6) is 5.75 Å². The fourth-order valence-corrected chi connectivity index (χ4v) is 2.72. The minimum Gasteiger partial charge on any atom is -0.494 e. The molecule has 3 amide bonds. The molecule has 0 aliphatic carbocycles. The van der Waals surface area contributed by atoms with Crippen molar-refractivity contribution < 1.29 is 19.1 Å². The first-order chi connectivity index (χ1) is 14.8. The number of ether oxygens (including phenoxy) is 1. The molecule has 2 aromatic rings. The summed E-state index contributed by atoms with van der Waals surface area (Å²) in [5.74, 6) is -0.133. The highest BCUT2D eigenvalue weighted by atomic mass is 32.1. The molecule has 0 radical (unpaired) electrons. The number of amides is 3. The van der Waals surface area contributed by atoms with Gasteiger partial charge in [-0.05, 0) is 67.5 Å². The van der Waals surface area contributed by atoms with Gasteiger partial charge in [-0.2, -0.15) is 0 Å². The van der Waals surface area contributed by atoms with Crippen molar-refractivity contribution in [3.63, 3.8) is 0 Å². The number of hydrogen-bond acceptors (Lipinski definition) is 5. The lowest BCUT2D eigenvalue weighted by atomic mass is 10.1. The number of carbonyl (C=O) groups excluding carboxylic acids is 3. The molecule has 9 heteroatoms. The molecule has 0 saturated carbocycles. The molecule has 31 heavy (non-hydrogen) atoms. The first-order valence-electron chi connectivity index (χ1n) is 9.83. The zero-order chi connectivity index (χ0) is 22.8. The van der Waals surface area contributed by atoms with Gasteiger partial charge in [-0.15, -0.1) is 0 Å². The van der Waals surface area contributed by atoms with Crippen LogP contribution in [-0.4, -0.2) is 29.4 Å². The van der Waals surface area contributed by atoms with Gasteiger partial charge in [-0.1, -0.05) is 19.9 Å². The molecule has 4 N–H and O–H groups in total. The number of benzene rings is 2. The van der Waals surface area contributed by atoms with E-state index in [4.69, 9.17) is 17.0 Å². The maximum absolute atomic E-state index is 12.3. The topological polar surface area (TPSA) is 109 Å². The van der Waals surface area contributed by atoms with E-state index >= 15 is 0 Å². The van der Waals surface area contributed by atoms with Gasteiger partial charge in [0.05, 0.1) is 6.61 Å². The molecular weight excluding hydrogens is 416 g/mol. The molecule has 0 fully saturated rings. The summed E-state index contributed by atoms with van der Waals surface area (Å²) in [4.78, 5) is 36.3. The maximum Gasteiger partial charge on any atom is 0.269 e. The molecule has 0 heterocycles. The Morgan fingerprint density at radius 3 is 2.32 bits per heavy atom. The second kappa shape index (κ2) is 11.7. The highest BCUT2D eigenvalue weighted by molar-refractivity contribution is 7.80. The summed E-state index contributed by atoms with van der Waals surface area (Å²) in [5, 5.41) is 5.20. The highest BCUT2D eigenvalue weighted by Crippen LogP contribution is 2.13. The molecule has 0 aliphatic heterocycles. The summed E-state index contributed by atoms with van der Waals surface area (Å²) in [6.45, 7) is 6.27. The van der Waals surface area contributed by atoms with Crippen LogP contribution in [0.15, 0.2) is 48.5 Å². The maximum atomic E-state index is 12.3. The Morgan fingerprint density at radius 1 is 0.968 bits per heavy atom. The smallest absolute Gasteiger partial charge is 0.269 e. The quantitative estimate of drug-likeness (QED) is 0.388. The van der Waals surface area contributed by atoms with E-state index in [1.807, 2.05) is 20.8 Å². The number of nitrogens with one attached hydrogen (secondary N) is 4. The molecule has 164 valence electrons. The molecule has 8 nitrogen and oxygen atoms in total. The first kappa shape index (κ1) is 23.8. The van der Waals surface area contributed by atoms with Crippen LogP contribution in [0.25, 0.3) is 0 Å². The first-order valence-corrected chi connectivity index (χ1v) is 10.2. The molecule has 0 aliphatic rings. The van der Waals surface area contributed by atoms with Crippen molar-refractivity contribution in [3.8, 4) is 5.75 Å². The number of hydrogen-bond donors (Lipinski definition) is 4. The summed E-state index contributed by atoms with van der Waals surface area (Å²) >= 11 is 5.05. The third-order valence-electron chi connectivity index (χ3n) is 3.95. The van der Waals surface area contributed by atoms with Crippen molar-refractivity contribution in [2.45, 2.75) is 27.2 Å². The zero-order valence-corrected chi connectivity index (χ0v) is 18.5. The van der Waals surface area contributed by atoms with E-state index < -0.39 is 11.8 Å². The molecule has 0 saturated heterocycles. The van der Waals surface area contributed by atoms with E-state index in [1.165, 1.54) is 0 Å². The van der Waals surface area contributed by atoms with Crippen LogP contribution in [0.3, 0.4) is 0 Å². The number of rotatable bonds is 7. The van der Waals surface area contributed by atoms with E-state index in [-0.39, 0.29) is 16.9 Å². The molecule has 2 rings (SSSR count). The number of hydrazine groups is 1. The number of thiocarbonyl (C=S) groups is 1. The van der Waals surface area contributed by atoms with Gasteiger partial charge < -0.3 is 10.1 Å². The van der Waals surface area contributed by atoms with Crippen molar-refractivity contribution in [3.05, 3.63) is 59.7 Å². The van der Waals surface area contributed by atoms with Gasteiger partial charge in [0.2, 0.25) is 5.91 Å². The van der Waals surface area contributed by atoms with Crippen molar-refractivity contribution in [2.75, 3.05) is 11.9 Å². The van der Waals surface area contributed by atoms with E-state index in [1.54, 1.807) is 48.5 Å². The van der Waals surface area contributed by atoms with E-state index in [0.29, 0.717) is 35.6 Å². The Balaban J connectivity index is 1.83. The fourth-order valence-electron chi connectivity index (χ4n) is 2.57. The third kappa shape index (κ3) is 8.06. The fraction of sp³-hybridized carbons (Fsp3) is 0.273. The van der Waals surface area contributed by atoms with E-state index in [9.17, 15) is 14.4 Å². The van der Waals surface area contributed by atoms with Crippen LogP contribution in [0.2, 0.25) is 0 Å². The summed E-state index contributed by atoms with van der Waals surface area (Å²) < 4.78 is 5.37. The third-order valence-corrected chi connectivity index (χ3v) is 4.15. The van der Waals surface area contributed by atoms with E-state index in [2.05, 4.69) is 21.5 Å². The summed E-state index contributed by atoms with van der Waals surface area (Å²) in [6, 6.07) is 13.1. The Bertz CT molecular complexity index is 945. The number of anilines is 1. The molecule has 0 unspecified atom stereocenters.